The van der Waals surface area contributed by atoms with Gasteiger partial charge in [0, 0.05) is 57.3 Å². The van der Waals surface area contributed by atoms with Crippen LogP contribution in [0.15, 0.2) is 42.7 Å². The summed E-state index contributed by atoms with van der Waals surface area (Å²) in [4.78, 5) is 13.3. The fraction of sp³-hybridized carbons (Fsp3) is 0.421. The molecule has 8 heteroatoms. The monoisotopic (exact) mass is 386 g/mol. The normalized spacial score (nSPS) is 14.6. The number of anilines is 2. The summed E-state index contributed by atoms with van der Waals surface area (Å²) in [6.07, 6.45) is 3.58. The number of nitrogens with one attached hydrogen (secondary N) is 2. The van der Waals surface area contributed by atoms with Crippen LogP contribution in [0.25, 0.3) is 0 Å². The Kier molecular flexibility index (Phi) is 7.18. The van der Waals surface area contributed by atoms with Gasteiger partial charge in [0.25, 0.3) is 0 Å². The quantitative estimate of drug-likeness (QED) is 0.701. The molecule has 1 fully saturated rings. The summed E-state index contributed by atoms with van der Waals surface area (Å²) in [7, 11) is 0. The molecular weight excluding hydrogens is 360 g/mol. The van der Waals surface area contributed by atoms with Gasteiger partial charge in [-0.15, -0.1) is 0 Å². The third kappa shape index (κ3) is 6.04. The van der Waals surface area contributed by atoms with Crippen molar-refractivity contribution in [2.24, 2.45) is 0 Å². The van der Waals surface area contributed by atoms with Gasteiger partial charge in [-0.25, -0.2) is 9.97 Å². The first-order chi connectivity index (χ1) is 13.2. The molecule has 1 saturated heterocycles. The smallest absolute Gasteiger partial charge is 0.225 e. The molecule has 0 unspecified atom stereocenters. The van der Waals surface area contributed by atoms with E-state index in [1.165, 1.54) is 0 Å². The summed E-state index contributed by atoms with van der Waals surface area (Å²) in [5.41, 5.74) is 0.951. The van der Waals surface area contributed by atoms with Crippen LogP contribution < -0.4 is 20.3 Å². The van der Waals surface area contributed by atoms with Crippen molar-refractivity contribution in [1.29, 1.82) is 0 Å². The number of nitrogens with zero attached hydrogens (tertiary/aromatic N) is 4. The second-order valence-corrected chi connectivity index (χ2v) is 6.62. The Morgan fingerprint density at radius 3 is 2.48 bits per heavy atom. The van der Waals surface area contributed by atoms with E-state index in [0.717, 1.165) is 56.7 Å². The molecule has 0 aliphatic carbocycles. The summed E-state index contributed by atoms with van der Waals surface area (Å²) >= 11 is 5.37. The van der Waals surface area contributed by atoms with Crippen molar-refractivity contribution >= 4 is 29.0 Å². The molecule has 0 atom stereocenters. The predicted octanol–water partition coefficient (Wildman–Crippen LogP) is 1.98. The standard InChI is InChI=1S/C19H26N6OS/c1-2-26-17-6-4-16(5-7-17)23-19(27)22-10-11-24-12-14-25(15-13-24)18-20-8-3-9-21-18/h3-9H,2,10-15H2,1H3,(H2,22,23,27). The zero-order valence-electron chi connectivity index (χ0n) is 15.6. The molecule has 27 heavy (non-hydrogen) atoms. The molecule has 2 aromatic rings. The predicted molar refractivity (Wildman–Crippen MR) is 113 cm³/mol. The Morgan fingerprint density at radius 2 is 1.81 bits per heavy atom. The Bertz CT molecular complexity index is 704. The van der Waals surface area contributed by atoms with Crippen molar-refractivity contribution in [1.82, 2.24) is 20.2 Å². The molecule has 2 heterocycles. The number of benzene rings is 1. The van der Waals surface area contributed by atoms with E-state index >= 15 is 0 Å². The van der Waals surface area contributed by atoms with Crippen molar-refractivity contribution in [2.45, 2.75) is 6.92 Å². The molecule has 2 N–H and O–H groups in total. The maximum absolute atomic E-state index is 5.44. The number of hydrogen-bond donors (Lipinski definition) is 2. The molecule has 0 spiro atoms. The van der Waals surface area contributed by atoms with E-state index in [0.29, 0.717) is 11.7 Å². The summed E-state index contributed by atoms with van der Waals surface area (Å²) < 4.78 is 5.44. The molecule has 144 valence electrons. The molecule has 0 amide bonds. The Labute approximate surface area is 165 Å². The second-order valence-electron chi connectivity index (χ2n) is 6.22. The van der Waals surface area contributed by atoms with Crippen LogP contribution in [0.5, 0.6) is 5.75 Å². The van der Waals surface area contributed by atoms with Crippen molar-refractivity contribution in [3.63, 3.8) is 0 Å². The minimum Gasteiger partial charge on any atom is -0.494 e. The highest BCUT2D eigenvalue weighted by atomic mass is 32.1. The average molecular weight is 387 g/mol. The van der Waals surface area contributed by atoms with Gasteiger partial charge in [0.15, 0.2) is 5.11 Å². The average Bonchev–Trinajstić information content (AvgIpc) is 2.71. The van der Waals surface area contributed by atoms with Gasteiger partial charge >= 0.3 is 0 Å². The molecule has 0 saturated carbocycles. The number of ether oxygens (including phenoxy) is 1. The van der Waals surface area contributed by atoms with Crippen LogP contribution in [0.2, 0.25) is 0 Å². The minimum absolute atomic E-state index is 0.635. The molecule has 1 aliphatic heterocycles. The van der Waals surface area contributed by atoms with Gasteiger partial charge in [0.2, 0.25) is 5.95 Å². The van der Waals surface area contributed by atoms with E-state index in [9.17, 15) is 0 Å². The van der Waals surface area contributed by atoms with E-state index in [2.05, 4.69) is 30.4 Å². The highest BCUT2D eigenvalue weighted by molar-refractivity contribution is 7.80. The number of rotatable bonds is 7. The molecular formula is C19H26N6OS. The molecule has 3 rings (SSSR count). The van der Waals surface area contributed by atoms with Gasteiger partial charge in [-0.2, -0.15) is 0 Å². The van der Waals surface area contributed by atoms with Gasteiger partial charge in [0.05, 0.1) is 6.61 Å². The van der Waals surface area contributed by atoms with Crippen LogP contribution in [0.1, 0.15) is 6.92 Å². The zero-order valence-corrected chi connectivity index (χ0v) is 16.4. The van der Waals surface area contributed by atoms with Crippen molar-refractivity contribution in [3.05, 3.63) is 42.7 Å². The first-order valence-electron chi connectivity index (χ1n) is 9.26. The maximum atomic E-state index is 5.44. The Hall–Kier alpha value is -2.45. The first kappa shape index (κ1) is 19.3. The lowest BCUT2D eigenvalue weighted by Crippen LogP contribution is -2.49. The second kappa shape index (κ2) is 10.0. The van der Waals surface area contributed by atoms with E-state index in [-0.39, 0.29) is 0 Å². The number of piperazine rings is 1. The molecule has 1 aromatic heterocycles. The highest BCUT2D eigenvalue weighted by Crippen LogP contribution is 2.15. The van der Waals surface area contributed by atoms with Crippen LogP contribution in [-0.4, -0.2) is 65.9 Å². The van der Waals surface area contributed by atoms with Gasteiger partial charge in [-0.1, -0.05) is 0 Å². The van der Waals surface area contributed by atoms with Crippen LogP contribution in [0, 0.1) is 0 Å². The topological polar surface area (TPSA) is 65.6 Å². The van der Waals surface area contributed by atoms with Crippen LogP contribution in [0.3, 0.4) is 0 Å². The molecule has 1 aliphatic rings. The van der Waals surface area contributed by atoms with Crippen molar-refractivity contribution in [3.8, 4) is 5.75 Å². The minimum atomic E-state index is 0.635. The Morgan fingerprint density at radius 1 is 1.11 bits per heavy atom. The van der Waals surface area contributed by atoms with E-state index in [1.54, 1.807) is 12.4 Å². The van der Waals surface area contributed by atoms with E-state index in [4.69, 9.17) is 17.0 Å². The third-order valence-corrected chi connectivity index (χ3v) is 4.59. The zero-order chi connectivity index (χ0) is 18.9. The fourth-order valence-corrected chi connectivity index (χ4v) is 3.15. The van der Waals surface area contributed by atoms with Crippen molar-refractivity contribution in [2.75, 3.05) is 56.1 Å². The molecule has 7 nitrogen and oxygen atoms in total. The molecule has 0 bridgehead atoms. The van der Waals surface area contributed by atoms with Gasteiger partial charge in [-0.3, -0.25) is 4.90 Å². The summed E-state index contributed by atoms with van der Waals surface area (Å²) in [5.74, 6) is 1.68. The van der Waals surface area contributed by atoms with Gasteiger partial charge < -0.3 is 20.3 Å². The van der Waals surface area contributed by atoms with E-state index < -0.39 is 0 Å². The van der Waals surface area contributed by atoms with Crippen LogP contribution in [-0.2, 0) is 0 Å². The number of aromatic nitrogens is 2. The van der Waals surface area contributed by atoms with Crippen LogP contribution >= 0.6 is 12.2 Å². The van der Waals surface area contributed by atoms with Crippen molar-refractivity contribution < 1.29 is 4.74 Å². The summed E-state index contributed by atoms with van der Waals surface area (Å²) in [6, 6.07) is 9.64. The van der Waals surface area contributed by atoms with E-state index in [1.807, 2.05) is 37.3 Å². The molecule has 1 aromatic carbocycles. The molecule has 0 radical (unpaired) electrons. The Balaban J connectivity index is 1.33. The van der Waals surface area contributed by atoms with Gasteiger partial charge in [-0.05, 0) is 49.5 Å². The lowest BCUT2D eigenvalue weighted by Gasteiger charge is -2.34. The maximum Gasteiger partial charge on any atom is 0.225 e. The largest absolute Gasteiger partial charge is 0.494 e. The third-order valence-electron chi connectivity index (χ3n) is 4.34. The first-order valence-corrected chi connectivity index (χ1v) is 9.67. The number of thiocarbonyl (C=S) groups is 1. The van der Waals surface area contributed by atoms with Gasteiger partial charge in [0.1, 0.15) is 5.75 Å². The number of hydrogen-bond acceptors (Lipinski definition) is 6. The SMILES string of the molecule is CCOc1ccc(NC(=S)NCCN2CCN(c3ncccn3)CC2)cc1. The van der Waals surface area contributed by atoms with Crippen LogP contribution in [0.4, 0.5) is 11.6 Å². The lowest BCUT2D eigenvalue weighted by molar-refractivity contribution is 0.260. The highest BCUT2D eigenvalue weighted by Gasteiger charge is 2.18. The lowest BCUT2D eigenvalue weighted by atomic mass is 10.3. The summed E-state index contributed by atoms with van der Waals surface area (Å²) in [5, 5.41) is 7.10. The summed E-state index contributed by atoms with van der Waals surface area (Å²) in [6.45, 7) is 8.29. The fourth-order valence-electron chi connectivity index (χ4n) is 2.93.